The summed E-state index contributed by atoms with van der Waals surface area (Å²) in [5.41, 5.74) is 3.18. The molecule has 2 heterocycles. The van der Waals surface area contributed by atoms with Crippen LogP contribution in [0.5, 0.6) is 0 Å². The molecule has 2 aromatic heterocycles. The van der Waals surface area contributed by atoms with Gasteiger partial charge in [0, 0.05) is 5.56 Å². The topological polar surface area (TPSA) is 69.6 Å². The maximum absolute atomic E-state index is 5.38. The van der Waals surface area contributed by atoms with Crippen LogP contribution in [0.15, 0.2) is 64.3 Å². The van der Waals surface area contributed by atoms with Gasteiger partial charge in [0.1, 0.15) is 5.82 Å². The lowest BCUT2D eigenvalue weighted by molar-refractivity contribution is 0.391. The molecule has 7 heteroatoms. The Morgan fingerprint density at radius 2 is 1.73 bits per heavy atom. The van der Waals surface area contributed by atoms with E-state index in [9.17, 15) is 0 Å². The van der Waals surface area contributed by atoms with Crippen molar-refractivity contribution >= 4 is 11.8 Å². The van der Waals surface area contributed by atoms with Crippen LogP contribution in [0, 0.1) is 13.8 Å². The molecule has 0 N–H and O–H groups in total. The van der Waals surface area contributed by atoms with Crippen LogP contribution in [0.1, 0.15) is 17.3 Å². The number of hydrogen-bond acceptors (Lipinski definition) is 6. The molecule has 4 aromatic rings. The Bertz CT molecular complexity index is 1030. The molecule has 26 heavy (non-hydrogen) atoms. The molecule has 0 aliphatic rings. The average molecular weight is 363 g/mol. The Morgan fingerprint density at radius 3 is 2.54 bits per heavy atom. The Balaban J connectivity index is 1.55. The van der Waals surface area contributed by atoms with Gasteiger partial charge in [-0.05, 0) is 25.5 Å². The second kappa shape index (κ2) is 7.13. The minimum absolute atomic E-state index is 0.532. The standard InChI is InChI=1S/C19H17N5OS/c1-13-8-6-7-11-16(13)24-14(2)21-22-19(24)26-12-17-20-18(23-25-17)15-9-4-3-5-10-15/h3-11H,12H2,1-2H3. The molecule has 2 aromatic carbocycles. The lowest BCUT2D eigenvalue weighted by Crippen LogP contribution is -2.01. The average Bonchev–Trinajstić information content (AvgIpc) is 3.28. The molecule has 0 spiro atoms. The molecular formula is C19H17N5OS. The minimum atomic E-state index is 0.532. The van der Waals surface area contributed by atoms with Gasteiger partial charge in [-0.3, -0.25) is 4.57 Å². The molecule has 0 unspecified atom stereocenters. The zero-order valence-corrected chi connectivity index (χ0v) is 15.3. The molecular weight excluding hydrogens is 346 g/mol. The predicted octanol–water partition coefficient (Wildman–Crippen LogP) is 4.23. The van der Waals surface area contributed by atoms with Gasteiger partial charge < -0.3 is 4.52 Å². The van der Waals surface area contributed by atoms with Gasteiger partial charge in [0.25, 0.3) is 0 Å². The summed E-state index contributed by atoms with van der Waals surface area (Å²) < 4.78 is 7.43. The summed E-state index contributed by atoms with van der Waals surface area (Å²) in [5, 5.41) is 13.4. The predicted molar refractivity (Wildman–Crippen MR) is 100 cm³/mol. The number of benzene rings is 2. The summed E-state index contributed by atoms with van der Waals surface area (Å²) in [6, 6.07) is 18.0. The second-order valence-corrected chi connectivity index (χ2v) is 6.76. The molecule has 0 saturated carbocycles. The Labute approximate surface area is 155 Å². The number of hydrogen-bond donors (Lipinski definition) is 0. The monoisotopic (exact) mass is 363 g/mol. The van der Waals surface area contributed by atoms with E-state index in [1.165, 1.54) is 17.3 Å². The highest BCUT2D eigenvalue weighted by Crippen LogP contribution is 2.26. The third kappa shape index (κ3) is 3.25. The highest BCUT2D eigenvalue weighted by molar-refractivity contribution is 7.98. The van der Waals surface area contributed by atoms with Crippen LogP contribution in [0.3, 0.4) is 0 Å². The van der Waals surface area contributed by atoms with E-state index in [2.05, 4.69) is 44.0 Å². The molecule has 0 aliphatic heterocycles. The summed E-state index contributed by atoms with van der Waals surface area (Å²) in [6.07, 6.45) is 0. The SMILES string of the molecule is Cc1ccccc1-n1c(C)nnc1SCc1nc(-c2ccccc2)no1. The van der Waals surface area contributed by atoms with Crippen LogP contribution in [0.4, 0.5) is 0 Å². The first kappa shape index (κ1) is 16.5. The number of aryl methyl sites for hydroxylation is 2. The summed E-state index contributed by atoms with van der Waals surface area (Å²) in [7, 11) is 0. The van der Waals surface area contributed by atoms with Crippen molar-refractivity contribution in [3.63, 3.8) is 0 Å². The fourth-order valence-electron chi connectivity index (χ4n) is 2.67. The largest absolute Gasteiger partial charge is 0.338 e. The van der Waals surface area contributed by atoms with Crippen molar-refractivity contribution in [2.24, 2.45) is 0 Å². The second-order valence-electron chi connectivity index (χ2n) is 5.82. The smallest absolute Gasteiger partial charge is 0.237 e. The first-order valence-corrected chi connectivity index (χ1v) is 9.20. The Hall–Kier alpha value is -2.93. The number of nitrogens with zero attached hydrogens (tertiary/aromatic N) is 5. The van der Waals surface area contributed by atoms with Gasteiger partial charge in [0.2, 0.25) is 11.7 Å². The van der Waals surface area contributed by atoms with Crippen molar-refractivity contribution in [2.45, 2.75) is 24.8 Å². The van der Waals surface area contributed by atoms with Crippen LogP contribution >= 0.6 is 11.8 Å². The fraction of sp³-hybridized carbons (Fsp3) is 0.158. The molecule has 0 bridgehead atoms. The van der Waals surface area contributed by atoms with Crippen LogP contribution in [0.2, 0.25) is 0 Å². The highest BCUT2D eigenvalue weighted by Gasteiger charge is 2.15. The molecule has 4 rings (SSSR count). The molecule has 0 saturated heterocycles. The van der Waals surface area contributed by atoms with Gasteiger partial charge in [-0.1, -0.05) is 65.4 Å². The minimum Gasteiger partial charge on any atom is -0.338 e. The van der Waals surface area contributed by atoms with Crippen LogP contribution in [-0.4, -0.2) is 24.9 Å². The van der Waals surface area contributed by atoms with Crippen LogP contribution in [-0.2, 0) is 5.75 Å². The van der Waals surface area contributed by atoms with Gasteiger partial charge >= 0.3 is 0 Å². The molecule has 6 nitrogen and oxygen atoms in total. The summed E-state index contributed by atoms with van der Waals surface area (Å²) >= 11 is 1.53. The van der Waals surface area contributed by atoms with Crippen molar-refractivity contribution in [1.29, 1.82) is 0 Å². The zero-order valence-electron chi connectivity index (χ0n) is 14.5. The van der Waals surface area contributed by atoms with E-state index in [1.54, 1.807) is 0 Å². The molecule has 0 fully saturated rings. The number of thioether (sulfide) groups is 1. The lowest BCUT2D eigenvalue weighted by atomic mass is 10.2. The molecule has 0 radical (unpaired) electrons. The maximum Gasteiger partial charge on any atom is 0.237 e. The third-order valence-electron chi connectivity index (χ3n) is 3.98. The number of aromatic nitrogens is 5. The van der Waals surface area contributed by atoms with Gasteiger partial charge in [-0.2, -0.15) is 4.98 Å². The third-order valence-corrected chi connectivity index (χ3v) is 4.89. The van der Waals surface area contributed by atoms with Crippen molar-refractivity contribution in [3.8, 4) is 17.1 Å². The normalized spacial score (nSPS) is 11.0. The van der Waals surface area contributed by atoms with Gasteiger partial charge in [0.05, 0.1) is 11.4 Å². The number of rotatable bonds is 5. The van der Waals surface area contributed by atoms with Gasteiger partial charge in [0.15, 0.2) is 5.16 Å². The fourth-order valence-corrected chi connectivity index (χ4v) is 3.50. The lowest BCUT2D eigenvalue weighted by Gasteiger charge is -2.10. The molecule has 0 atom stereocenters. The van der Waals surface area contributed by atoms with E-state index in [4.69, 9.17) is 4.52 Å². The molecule has 0 aliphatic carbocycles. The highest BCUT2D eigenvalue weighted by atomic mass is 32.2. The maximum atomic E-state index is 5.38. The zero-order chi connectivity index (χ0) is 17.9. The van der Waals surface area contributed by atoms with E-state index in [1.807, 2.05) is 49.4 Å². The summed E-state index contributed by atoms with van der Waals surface area (Å²) in [6.45, 7) is 4.02. The molecule has 0 amide bonds. The van der Waals surface area contributed by atoms with Crippen molar-refractivity contribution < 1.29 is 4.52 Å². The van der Waals surface area contributed by atoms with Crippen LogP contribution < -0.4 is 0 Å². The quantitative estimate of drug-likeness (QED) is 0.494. The van der Waals surface area contributed by atoms with Gasteiger partial charge in [-0.25, -0.2) is 0 Å². The first-order chi connectivity index (χ1) is 12.7. The van der Waals surface area contributed by atoms with E-state index in [0.29, 0.717) is 17.5 Å². The Kier molecular flexibility index (Phi) is 4.53. The van der Waals surface area contributed by atoms with Gasteiger partial charge in [-0.15, -0.1) is 10.2 Å². The van der Waals surface area contributed by atoms with E-state index in [-0.39, 0.29) is 0 Å². The van der Waals surface area contributed by atoms with Crippen molar-refractivity contribution in [3.05, 3.63) is 71.9 Å². The van der Waals surface area contributed by atoms with Crippen molar-refractivity contribution in [2.75, 3.05) is 0 Å². The van der Waals surface area contributed by atoms with E-state index >= 15 is 0 Å². The number of para-hydroxylation sites is 1. The van der Waals surface area contributed by atoms with E-state index < -0.39 is 0 Å². The molecule has 130 valence electrons. The summed E-state index contributed by atoms with van der Waals surface area (Å²) in [4.78, 5) is 4.47. The first-order valence-electron chi connectivity index (χ1n) is 8.21. The van der Waals surface area contributed by atoms with Crippen molar-refractivity contribution in [1.82, 2.24) is 24.9 Å². The van der Waals surface area contributed by atoms with E-state index in [0.717, 1.165) is 22.2 Å². The summed E-state index contributed by atoms with van der Waals surface area (Å²) in [5.74, 6) is 2.53. The Morgan fingerprint density at radius 1 is 0.962 bits per heavy atom. The van der Waals surface area contributed by atoms with Crippen LogP contribution in [0.25, 0.3) is 17.1 Å².